The molecule has 4 rings (SSSR count). The number of likely N-dealkylation sites (tertiary alicyclic amines) is 1. The molecular weight excluding hydrogens is 388 g/mol. The number of nitrogens with zero attached hydrogens (tertiary/aromatic N) is 2. The molecule has 2 aliphatic rings. The van der Waals surface area contributed by atoms with E-state index in [-0.39, 0.29) is 11.3 Å². The van der Waals surface area contributed by atoms with Gasteiger partial charge in [-0.2, -0.15) is 4.31 Å². The van der Waals surface area contributed by atoms with Crippen LogP contribution in [0.25, 0.3) is 0 Å². The fourth-order valence-corrected chi connectivity index (χ4v) is 5.68. The summed E-state index contributed by atoms with van der Waals surface area (Å²) in [6.07, 6.45) is 2.00. The Kier molecular flexibility index (Phi) is 5.36. The molecule has 0 N–H and O–H groups in total. The highest BCUT2D eigenvalue weighted by Crippen LogP contribution is 2.41. The zero-order chi connectivity index (χ0) is 20.5. The maximum atomic E-state index is 12.9. The third-order valence-corrected chi connectivity index (χ3v) is 8.00. The lowest BCUT2D eigenvalue weighted by molar-refractivity contribution is -0.145. The van der Waals surface area contributed by atoms with E-state index < -0.39 is 10.0 Å². The molecule has 29 heavy (non-hydrogen) atoms. The van der Waals surface area contributed by atoms with Crippen LogP contribution in [0.3, 0.4) is 0 Å². The summed E-state index contributed by atoms with van der Waals surface area (Å²) in [5.41, 5.74) is 1.09. The summed E-state index contributed by atoms with van der Waals surface area (Å²) in [6.45, 7) is 2.45. The Balaban J connectivity index is 1.32. The molecule has 2 aliphatic heterocycles. The number of hydrogen-bond donors (Lipinski definition) is 0. The van der Waals surface area contributed by atoms with Crippen molar-refractivity contribution in [3.8, 4) is 5.75 Å². The number of hydrogen-bond acceptors (Lipinski definition) is 4. The van der Waals surface area contributed by atoms with Crippen LogP contribution >= 0.6 is 0 Å². The summed E-state index contributed by atoms with van der Waals surface area (Å²) < 4.78 is 32.5. The second-order valence-electron chi connectivity index (χ2n) is 7.99. The highest BCUT2D eigenvalue weighted by molar-refractivity contribution is 7.89. The van der Waals surface area contributed by atoms with Crippen molar-refractivity contribution in [3.05, 3.63) is 60.2 Å². The molecule has 2 fully saturated rings. The van der Waals surface area contributed by atoms with Gasteiger partial charge in [0.1, 0.15) is 5.75 Å². The maximum Gasteiger partial charge on any atom is 0.243 e. The van der Waals surface area contributed by atoms with E-state index in [1.165, 1.54) is 0 Å². The van der Waals surface area contributed by atoms with Crippen molar-refractivity contribution in [2.75, 3.05) is 33.3 Å². The van der Waals surface area contributed by atoms with E-state index in [0.717, 1.165) is 31.5 Å². The van der Waals surface area contributed by atoms with Crippen molar-refractivity contribution in [2.45, 2.75) is 24.2 Å². The Hall–Kier alpha value is -2.38. The maximum absolute atomic E-state index is 12.9. The predicted molar refractivity (Wildman–Crippen MR) is 110 cm³/mol. The summed E-state index contributed by atoms with van der Waals surface area (Å²) in [4.78, 5) is 14.7. The first-order valence-electron chi connectivity index (χ1n) is 9.88. The molecule has 0 unspecified atom stereocenters. The second kappa shape index (κ2) is 7.80. The molecule has 2 saturated heterocycles. The molecule has 0 aliphatic carbocycles. The van der Waals surface area contributed by atoms with Crippen LogP contribution in [0.4, 0.5) is 0 Å². The molecule has 0 aromatic heterocycles. The minimum absolute atomic E-state index is 0.0677. The molecule has 7 heteroatoms. The number of piperidine rings is 1. The molecular formula is C22H26N2O4S. The number of sulfonamides is 1. The van der Waals surface area contributed by atoms with Gasteiger partial charge >= 0.3 is 0 Å². The molecule has 154 valence electrons. The largest absolute Gasteiger partial charge is 0.497 e. The summed E-state index contributed by atoms with van der Waals surface area (Å²) in [7, 11) is -1.94. The lowest BCUT2D eigenvalue weighted by atomic mass is 9.72. The Morgan fingerprint density at radius 2 is 1.62 bits per heavy atom. The van der Waals surface area contributed by atoms with Gasteiger partial charge in [-0.05, 0) is 42.7 Å². The molecule has 0 radical (unpaired) electrons. The monoisotopic (exact) mass is 414 g/mol. The van der Waals surface area contributed by atoms with Gasteiger partial charge in [0, 0.05) is 31.6 Å². The Morgan fingerprint density at radius 3 is 2.21 bits per heavy atom. The van der Waals surface area contributed by atoms with Gasteiger partial charge in [-0.25, -0.2) is 8.42 Å². The number of carbonyl (C=O) groups excluding carboxylic acids is 1. The average Bonchev–Trinajstić information content (AvgIpc) is 2.72. The molecule has 1 amide bonds. The van der Waals surface area contributed by atoms with Crippen molar-refractivity contribution < 1.29 is 17.9 Å². The van der Waals surface area contributed by atoms with Gasteiger partial charge in [-0.1, -0.05) is 30.3 Å². The normalized spacial score (nSPS) is 19.0. The quantitative estimate of drug-likeness (QED) is 0.754. The highest BCUT2D eigenvalue weighted by atomic mass is 32.2. The van der Waals surface area contributed by atoms with E-state index in [0.29, 0.717) is 30.2 Å². The molecule has 2 aromatic carbocycles. The lowest BCUT2D eigenvalue weighted by Crippen LogP contribution is -2.62. The van der Waals surface area contributed by atoms with Crippen LogP contribution in [0.15, 0.2) is 59.5 Å². The van der Waals surface area contributed by atoms with E-state index in [9.17, 15) is 13.2 Å². The van der Waals surface area contributed by atoms with Crippen LogP contribution in [-0.2, 0) is 21.2 Å². The van der Waals surface area contributed by atoms with Crippen LogP contribution < -0.4 is 4.74 Å². The van der Waals surface area contributed by atoms with Crippen LogP contribution in [0.5, 0.6) is 5.75 Å². The Bertz CT molecular complexity index is 958. The van der Waals surface area contributed by atoms with Gasteiger partial charge in [0.15, 0.2) is 0 Å². The number of carbonyl (C=O) groups is 1. The molecule has 2 heterocycles. The second-order valence-corrected chi connectivity index (χ2v) is 9.93. The minimum atomic E-state index is -3.49. The molecule has 0 bridgehead atoms. The Morgan fingerprint density at radius 1 is 1.00 bits per heavy atom. The van der Waals surface area contributed by atoms with E-state index in [4.69, 9.17) is 4.74 Å². The van der Waals surface area contributed by atoms with Crippen molar-refractivity contribution in [3.63, 3.8) is 0 Å². The predicted octanol–water partition coefficient (Wildman–Crippen LogP) is 2.55. The molecule has 2 aromatic rings. The lowest BCUT2D eigenvalue weighted by Gasteiger charge is -2.53. The van der Waals surface area contributed by atoms with E-state index in [2.05, 4.69) is 0 Å². The zero-order valence-electron chi connectivity index (χ0n) is 16.6. The highest BCUT2D eigenvalue weighted by Gasteiger charge is 2.47. The summed E-state index contributed by atoms with van der Waals surface area (Å²) in [5, 5.41) is 0. The first kappa shape index (κ1) is 19.9. The van der Waals surface area contributed by atoms with Crippen molar-refractivity contribution in [1.82, 2.24) is 9.21 Å². The third-order valence-electron chi connectivity index (χ3n) is 6.08. The topological polar surface area (TPSA) is 66.9 Å². The smallest absolute Gasteiger partial charge is 0.243 e. The van der Waals surface area contributed by atoms with Crippen molar-refractivity contribution in [1.29, 1.82) is 0 Å². The summed E-state index contributed by atoms with van der Waals surface area (Å²) >= 11 is 0. The number of benzene rings is 2. The number of ether oxygens (including phenoxy) is 1. The molecule has 1 spiro atoms. The van der Waals surface area contributed by atoms with Gasteiger partial charge in [-0.3, -0.25) is 4.79 Å². The molecule has 6 nitrogen and oxygen atoms in total. The van der Waals surface area contributed by atoms with Gasteiger partial charge in [0.25, 0.3) is 0 Å². The first-order valence-corrected chi connectivity index (χ1v) is 11.3. The van der Waals surface area contributed by atoms with Gasteiger partial charge in [0.05, 0.1) is 18.4 Å². The summed E-state index contributed by atoms with van der Waals surface area (Å²) in [5.74, 6) is 0.784. The number of methoxy groups -OCH3 is 1. The van der Waals surface area contributed by atoms with Gasteiger partial charge in [-0.15, -0.1) is 0 Å². The van der Waals surface area contributed by atoms with Crippen molar-refractivity contribution >= 4 is 15.9 Å². The molecule has 0 atom stereocenters. The SMILES string of the molecule is COc1ccc(S(=O)(=O)N2CCC3(CC2)CN(C(=O)Cc2ccccc2)C3)cc1. The number of amides is 1. The third kappa shape index (κ3) is 4.02. The van der Waals surface area contributed by atoms with E-state index in [1.54, 1.807) is 35.7 Å². The van der Waals surface area contributed by atoms with Gasteiger partial charge in [0.2, 0.25) is 15.9 Å². The fraction of sp³-hybridized carbons (Fsp3) is 0.409. The minimum Gasteiger partial charge on any atom is -0.497 e. The van der Waals surface area contributed by atoms with E-state index >= 15 is 0 Å². The average molecular weight is 415 g/mol. The number of rotatable bonds is 5. The molecule has 0 saturated carbocycles. The fourth-order valence-electron chi connectivity index (χ4n) is 4.24. The van der Waals surface area contributed by atoms with Crippen LogP contribution in [-0.4, -0.2) is 56.8 Å². The Labute approximate surface area is 172 Å². The zero-order valence-corrected chi connectivity index (χ0v) is 17.4. The standard InChI is InChI=1S/C22H26N2O4S/c1-28-19-7-9-20(10-8-19)29(26,27)24-13-11-22(12-14-24)16-23(17-22)21(25)15-18-5-3-2-4-6-18/h2-10H,11-17H2,1H3. The van der Waals surface area contributed by atoms with Crippen molar-refractivity contribution in [2.24, 2.45) is 5.41 Å². The van der Waals surface area contributed by atoms with Crippen LogP contribution in [0.2, 0.25) is 0 Å². The van der Waals surface area contributed by atoms with Gasteiger partial charge < -0.3 is 9.64 Å². The van der Waals surface area contributed by atoms with Crippen LogP contribution in [0, 0.1) is 5.41 Å². The summed E-state index contributed by atoms with van der Waals surface area (Å²) in [6, 6.07) is 16.3. The van der Waals surface area contributed by atoms with E-state index in [1.807, 2.05) is 35.2 Å². The van der Waals surface area contributed by atoms with Crippen LogP contribution in [0.1, 0.15) is 18.4 Å². The first-order chi connectivity index (χ1) is 13.9.